The monoisotopic (exact) mass is 310 g/mol. The molecule has 126 valence electrons. The summed E-state index contributed by atoms with van der Waals surface area (Å²) in [5.41, 5.74) is 6.03. The molecule has 0 spiro atoms. The van der Waals surface area contributed by atoms with Crippen molar-refractivity contribution in [2.75, 3.05) is 0 Å². The molecule has 1 aromatic carbocycles. The molecule has 0 saturated heterocycles. The number of rotatable bonds is 9. The molecule has 1 fully saturated rings. The second-order valence-electron chi connectivity index (χ2n) is 7.00. The zero-order valence-electron chi connectivity index (χ0n) is 15.4. The summed E-state index contributed by atoms with van der Waals surface area (Å²) in [5, 5.41) is 0. The van der Waals surface area contributed by atoms with Gasteiger partial charge in [0.25, 0.3) is 0 Å². The van der Waals surface area contributed by atoms with Crippen molar-refractivity contribution in [1.82, 2.24) is 0 Å². The van der Waals surface area contributed by atoms with Crippen molar-refractivity contribution in [2.24, 2.45) is 5.92 Å². The predicted octanol–water partition coefficient (Wildman–Crippen LogP) is 7.65. The van der Waals surface area contributed by atoms with E-state index < -0.39 is 0 Å². The van der Waals surface area contributed by atoms with Crippen LogP contribution < -0.4 is 0 Å². The lowest BCUT2D eigenvalue weighted by atomic mass is 9.76. The third kappa shape index (κ3) is 5.37. The Morgan fingerprint density at radius 1 is 0.957 bits per heavy atom. The summed E-state index contributed by atoms with van der Waals surface area (Å²) in [7, 11) is 0. The molecule has 0 radical (unpaired) electrons. The van der Waals surface area contributed by atoms with Crippen LogP contribution in [0.15, 0.2) is 35.9 Å². The number of unbranched alkanes of at least 4 members (excludes halogenated alkanes) is 1. The molecule has 1 saturated carbocycles. The van der Waals surface area contributed by atoms with Gasteiger partial charge in [0.2, 0.25) is 0 Å². The molecule has 0 atom stereocenters. The maximum absolute atomic E-state index is 2.49. The molecule has 0 amide bonds. The minimum absolute atomic E-state index is 0.818. The zero-order chi connectivity index (χ0) is 16.5. The first-order valence-corrected chi connectivity index (χ1v) is 9.78. The Balaban J connectivity index is 2.14. The van der Waals surface area contributed by atoms with Crippen LogP contribution in [0, 0.1) is 5.92 Å². The second kappa shape index (κ2) is 9.75. The largest absolute Gasteiger partial charge is 0.0804 e. The first-order valence-electron chi connectivity index (χ1n) is 9.78. The molecular formula is C23H34. The summed E-state index contributed by atoms with van der Waals surface area (Å²) in [6, 6.07) is 9.33. The van der Waals surface area contributed by atoms with E-state index >= 15 is 0 Å². The third-order valence-electron chi connectivity index (χ3n) is 4.95. The number of benzene rings is 1. The van der Waals surface area contributed by atoms with Gasteiger partial charge in [-0.25, -0.2) is 0 Å². The van der Waals surface area contributed by atoms with Gasteiger partial charge in [0, 0.05) is 0 Å². The molecule has 0 heterocycles. The average molecular weight is 311 g/mol. The summed E-state index contributed by atoms with van der Waals surface area (Å²) in [5.74, 6) is 0.818. The highest BCUT2D eigenvalue weighted by Crippen LogP contribution is 2.39. The van der Waals surface area contributed by atoms with Crippen molar-refractivity contribution in [3.63, 3.8) is 0 Å². The lowest BCUT2D eigenvalue weighted by Gasteiger charge is -2.29. The molecule has 1 aromatic rings. The van der Waals surface area contributed by atoms with Crippen LogP contribution in [-0.2, 0) is 0 Å². The first kappa shape index (κ1) is 18.0. The second-order valence-corrected chi connectivity index (χ2v) is 7.00. The standard InChI is InChI=1S/C23H34/c1-4-7-13-23(21-11-8-12-21)22-16-14-20(15-17-22)18-19(9-5-2)10-6-3/h13-18,21H,4-12H2,1-3H3/b23-13-. The molecule has 0 heteroatoms. The number of hydrogen-bond acceptors (Lipinski definition) is 0. The Kier molecular flexibility index (Phi) is 7.65. The Morgan fingerprint density at radius 3 is 2.09 bits per heavy atom. The summed E-state index contributed by atoms with van der Waals surface area (Å²) < 4.78 is 0. The predicted molar refractivity (Wildman–Crippen MR) is 104 cm³/mol. The van der Waals surface area contributed by atoms with Crippen LogP contribution in [0.5, 0.6) is 0 Å². The van der Waals surface area contributed by atoms with Crippen LogP contribution in [0.2, 0.25) is 0 Å². The molecular weight excluding hydrogens is 276 g/mol. The maximum atomic E-state index is 2.49. The molecule has 0 aromatic heterocycles. The zero-order valence-corrected chi connectivity index (χ0v) is 15.4. The molecule has 0 N–H and O–H groups in total. The minimum Gasteiger partial charge on any atom is -0.0804 e. The third-order valence-corrected chi connectivity index (χ3v) is 4.95. The minimum atomic E-state index is 0.818. The van der Waals surface area contributed by atoms with E-state index in [2.05, 4.69) is 57.2 Å². The van der Waals surface area contributed by atoms with Gasteiger partial charge in [-0.15, -0.1) is 0 Å². The van der Waals surface area contributed by atoms with E-state index in [9.17, 15) is 0 Å². The van der Waals surface area contributed by atoms with E-state index in [1.807, 2.05) is 0 Å². The van der Waals surface area contributed by atoms with Gasteiger partial charge >= 0.3 is 0 Å². The number of allylic oxidation sites excluding steroid dienone is 3. The highest BCUT2D eigenvalue weighted by atomic mass is 14.3. The van der Waals surface area contributed by atoms with Crippen molar-refractivity contribution >= 4 is 11.6 Å². The highest BCUT2D eigenvalue weighted by Gasteiger charge is 2.22. The average Bonchev–Trinajstić information content (AvgIpc) is 2.51. The van der Waals surface area contributed by atoms with Gasteiger partial charge < -0.3 is 0 Å². The van der Waals surface area contributed by atoms with Gasteiger partial charge in [-0.2, -0.15) is 0 Å². The SMILES string of the molecule is CCC/C=C(\c1ccc(C=C(CCC)CCC)cc1)C1CCC1. The summed E-state index contributed by atoms with van der Waals surface area (Å²) in [4.78, 5) is 0. The van der Waals surface area contributed by atoms with Crippen LogP contribution in [-0.4, -0.2) is 0 Å². The van der Waals surface area contributed by atoms with Crippen molar-refractivity contribution in [3.8, 4) is 0 Å². The van der Waals surface area contributed by atoms with Gasteiger partial charge in [0.05, 0.1) is 0 Å². The van der Waals surface area contributed by atoms with E-state index in [0.717, 1.165) is 5.92 Å². The Hall–Kier alpha value is -1.30. The molecule has 23 heavy (non-hydrogen) atoms. The van der Waals surface area contributed by atoms with Gasteiger partial charge in [-0.05, 0) is 54.7 Å². The van der Waals surface area contributed by atoms with E-state index in [-0.39, 0.29) is 0 Å². The Labute approximate surface area is 143 Å². The van der Waals surface area contributed by atoms with Crippen molar-refractivity contribution in [3.05, 3.63) is 47.0 Å². The van der Waals surface area contributed by atoms with Crippen molar-refractivity contribution in [1.29, 1.82) is 0 Å². The topological polar surface area (TPSA) is 0 Å². The molecule has 2 rings (SSSR count). The molecule has 0 nitrogen and oxygen atoms in total. The highest BCUT2D eigenvalue weighted by molar-refractivity contribution is 5.69. The van der Waals surface area contributed by atoms with Gasteiger partial charge in [-0.1, -0.05) is 88.4 Å². The van der Waals surface area contributed by atoms with Crippen LogP contribution in [0.1, 0.15) is 89.7 Å². The quantitative estimate of drug-likeness (QED) is 0.439. The summed E-state index contributed by atoms with van der Waals surface area (Å²) >= 11 is 0. The van der Waals surface area contributed by atoms with Gasteiger partial charge in [0.1, 0.15) is 0 Å². The summed E-state index contributed by atoms with van der Waals surface area (Å²) in [6.07, 6.45) is 16.5. The fourth-order valence-electron chi connectivity index (χ4n) is 3.46. The van der Waals surface area contributed by atoms with Gasteiger partial charge in [0.15, 0.2) is 0 Å². The Bertz CT molecular complexity index is 503. The van der Waals surface area contributed by atoms with E-state index in [1.165, 1.54) is 68.9 Å². The van der Waals surface area contributed by atoms with E-state index in [1.54, 1.807) is 11.1 Å². The van der Waals surface area contributed by atoms with E-state index in [0.29, 0.717) is 0 Å². The van der Waals surface area contributed by atoms with Crippen LogP contribution in [0.4, 0.5) is 0 Å². The van der Waals surface area contributed by atoms with Crippen LogP contribution >= 0.6 is 0 Å². The van der Waals surface area contributed by atoms with Crippen molar-refractivity contribution < 1.29 is 0 Å². The summed E-state index contributed by atoms with van der Waals surface area (Å²) in [6.45, 7) is 6.82. The maximum Gasteiger partial charge on any atom is -0.0159 e. The Morgan fingerprint density at radius 2 is 1.61 bits per heavy atom. The molecule has 0 unspecified atom stereocenters. The van der Waals surface area contributed by atoms with Crippen LogP contribution in [0.3, 0.4) is 0 Å². The molecule has 0 aliphatic heterocycles. The first-order chi connectivity index (χ1) is 11.3. The number of hydrogen-bond donors (Lipinski definition) is 0. The normalized spacial score (nSPS) is 15.3. The van der Waals surface area contributed by atoms with Crippen LogP contribution in [0.25, 0.3) is 11.6 Å². The fourth-order valence-corrected chi connectivity index (χ4v) is 3.46. The molecule has 1 aliphatic rings. The lowest BCUT2D eigenvalue weighted by molar-refractivity contribution is 0.400. The molecule has 1 aliphatic carbocycles. The van der Waals surface area contributed by atoms with Crippen molar-refractivity contribution in [2.45, 2.75) is 78.6 Å². The molecule has 0 bridgehead atoms. The van der Waals surface area contributed by atoms with Gasteiger partial charge in [-0.3, -0.25) is 0 Å². The smallest absolute Gasteiger partial charge is 0.0159 e. The van der Waals surface area contributed by atoms with E-state index in [4.69, 9.17) is 0 Å². The fraction of sp³-hybridized carbons (Fsp3) is 0.565. The lowest BCUT2D eigenvalue weighted by Crippen LogP contribution is -2.13.